The molecule has 6 rings (SSSR count). The zero-order chi connectivity index (χ0) is 32.0. The van der Waals surface area contributed by atoms with Crippen molar-refractivity contribution in [3.05, 3.63) is 99.7 Å². The normalized spacial score (nSPS) is 13.6. The van der Waals surface area contributed by atoms with E-state index < -0.39 is 5.97 Å². The summed E-state index contributed by atoms with van der Waals surface area (Å²) in [6.07, 6.45) is 5.37. The van der Waals surface area contributed by atoms with E-state index >= 15 is 0 Å². The van der Waals surface area contributed by atoms with Crippen molar-refractivity contribution in [2.45, 2.75) is 52.0 Å². The second-order valence-electron chi connectivity index (χ2n) is 11.8. The quantitative estimate of drug-likeness (QED) is 0.0244. The van der Waals surface area contributed by atoms with Gasteiger partial charge in [0.05, 0.1) is 0 Å². The summed E-state index contributed by atoms with van der Waals surface area (Å²) >= 11 is 1.31. The lowest BCUT2D eigenvalue weighted by atomic mass is 9.98. The summed E-state index contributed by atoms with van der Waals surface area (Å²) in [5.74, 6) is 0.111. The first kappa shape index (κ1) is 31.4. The number of oxime groups is 1. The Morgan fingerprint density at radius 1 is 0.913 bits per heavy atom. The average Bonchev–Trinajstić information content (AvgIpc) is 3.71. The van der Waals surface area contributed by atoms with Crippen molar-refractivity contribution < 1.29 is 24.3 Å². The van der Waals surface area contributed by atoms with Gasteiger partial charge in [-0.15, -0.1) is 11.3 Å². The van der Waals surface area contributed by atoms with Crippen LogP contribution < -0.4 is 10.1 Å². The topological polar surface area (TPSA) is 110 Å². The van der Waals surface area contributed by atoms with Gasteiger partial charge >= 0.3 is 5.97 Å². The van der Waals surface area contributed by atoms with Crippen molar-refractivity contribution in [2.75, 3.05) is 13.1 Å². The van der Waals surface area contributed by atoms with E-state index in [1.807, 2.05) is 35.7 Å². The van der Waals surface area contributed by atoms with Crippen LogP contribution in [0.15, 0.2) is 83.3 Å². The van der Waals surface area contributed by atoms with Crippen LogP contribution in [-0.4, -0.2) is 46.1 Å². The van der Waals surface area contributed by atoms with Crippen molar-refractivity contribution in [1.82, 2.24) is 9.88 Å². The monoisotopic (exact) mass is 635 g/mol. The van der Waals surface area contributed by atoms with Gasteiger partial charge in [-0.3, -0.25) is 9.59 Å². The highest BCUT2D eigenvalue weighted by atomic mass is 32.1. The zero-order valence-corrected chi connectivity index (χ0v) is 26.6. The summed E-state index contributed by atoms with van der Waals surface area (Å²) < 4.78 is 7.72. The number of esters is 1. The molecule has 3 aromatic carbocycles. The number of aryl methyl sites for hydroxylation is 1. The van der Waals surface area contributed by atoms with Crippen molar-refractivity contribution in [2.24, 2.45) is 11.1 Å². The van der Waals surface area contributed by atoms with Gasteiger partial charge in [-0.05, 0) is 110 Å². The second kappa shape index (κ2) is 14.2. The number of ketones is 2. The van der Waals surface area contributed by atoms with Crippen LogP contribution in [0, 0.1) is 5.92 Å². The van der Waals surface area contributed by atoms with E-state index in [4.69, 9.17) is 4.74 Å². The molecule has 46 heavy (non-hydrogen) atoms. The Labute approximate surface area is 271 Å². The van der Waals surface area contributed by atoms with Gasteiger partial charge in [0.15, 0.2) is 5.78 Å². The number of aromatic nitrogens is 1. The molecule has 5 aromatic rings. The molecule has 0 spiro atoms. The number of ether oxygens (including phenoxy) is 1. The van der Waals surface area contributed by atoms with Crippen LogP contribution in [0.4, 0.5) is 0 Å². The van der Waals surface area contributed by atoms with E-state index in [2.05, 4.69) is 22.0 Å². The first-order valence-electron chi connectivity index (χ1n) is 15.9. The predicted octanol–water partition coefficient (Wildman–Crippen LogP) is 7.90. The maximum absolute atomic E-state index is 13.6. The molecule has 1 aliphatic heterocycles. The minimum Gasteiger partial charge on any atom is -0.422 e. The number of benzene rings is 3. The molecule has 9 heteroatoms. The third-order valence-corrected chi connectivity index (χ3v) is 9.57. The molecule has 8 nitrogen and oxygen atoms in total. The van der Waals surface area contributed by atoms with Crippen molar-refractivity contribution >= 4 is 56.4 Å². The van der Waals surface area contributed by atoms with Gasteiger partial charge in [-0.25, -0.2) is 4.79 Å². The Balaban J connectivity index is 1.30. The van der Waals surface area contributed by atoms with Crippen LogP contribution >= 0.6 is 11.3 Å². The first-order valence-corrected chi connectivity index (χ1v) is 16.8. The van der Waals surface area contributed by atoms with Gasteiger partial charge in [-0.2, -0.15) is 0 Å². The summed E-state index contributed by atoms with van der Waals surface area (Å²) in [7, 11) is 0. The van der Waals surface area contributed by atoms with Crippen LogP contribution in [-0.2, 0) is 6.54 Å². The lowest BCUT2D eigenvalue weighted by molar-refractivity contribution is 0.0739. The smallest absolute Gasteiger partial charge is 0.353 e. The van der Waals surface area contributed by atoms with Crippen LogP contribution in [0.3, 0.4) is 0 Å². The van der Waals surface area contributed by atoms with Gasteiger partial charge in [-0.1, -0.05) is 37.4 Å². The van der Waals surface area contributed by atoms with Crippen molar-refractivity contribution in [3.8, 4) is 5.75 Å². The average molecular weight is 636 g/mol. The van der Waals surface area contributed by atoms with Gasteiger partial charge < -0.3 is 19.8 Å². The Morgan fingerprint density at radius 3 is 2.24 bits per heavy atom. The molecular weight excluding hydrogens is 598 g/mol. The van der Waals surface area contributed by atoms with Gasteiger partial charge in [0.25, 0.3) is 0 Å². The van der Waals surface area contributed by atoms with Gasteiger partial charge in [0.1, 0.15) is 16.3 Å². The van der Waals surface area contributed by atoms with Crippen LogP contribution in [0.25, 0.3) is 21.8 Å². The molecule has 0 aliphatic carbocycles. The summed E-state index contributed by atoms with van der Waals surface area (Å²) in [4.78, 5) is 39.9. The van der Waals surface area contributed by atoms with Crippen LogP contribution in [0.1, 0.15) is 81.4 Å². The number of hydrogen-bond acceptors (Lipinski definition) is 8. The number of carbonyl (C=O) groups excluding carboxylic acids is 3. The molecule has 0 saturated carbocycles. The molecule has 2 aromatic heterocycles. The predicted molar refractivity (Wildman–Crippen MR) is 182 cm³/mol. The molecule has 0 bridgehead atoms. The molecule has 236 valence electrons. The number of thiophene rings is 1. The third-order valence-electron chi connectivity index (χ3n) is 8.72. The fourth-order valence-electron chi connectivity index (χ4n) is 5.98. The fourth-order valence-corrected chi connectivity index (χ4v) is 6.58. The number of fused-ring (bicyclic) bond motifs is 3. The molecule has 1 fully saturated rings. The van der Waals surface area contributed by atoms with E-state index in [1.165, 1.54) is 11.3 Å². The minimum absolute atomic E-state index is 0.159. The highest BCUT2D eigenvalue weighted by molar-refractivity contribution is 7.12. The van der Waals surface area contributed by atoms with Gasteiger partial charge in [0.2, 0.25) is 5.78 Å². The van der Waals surface area contributed by atoms with Crippen molar-refractivity contribution in [3.63, 3.8) is 0 Å². The van der Waals surface area contributed by atoms with Crippen LogP contribution in [0.5, 0.6) is 5.75 Å². The number of carbonyl (C=O) groups is 3. The molecule has 3 heterocycles. The lowest BCUT2D eigenvalue weighted by Gasteiger charge is -2.27. The summed E-state index contributed by atoms with van der Waals surface area (Å²) in [5, 5.41) is 19.9. The number of rotatable bonds is 14. The highest BCUT2D eigenvalue weighted by Crippen LogP contribution is 2.33. The zero-order valence-electron chi connectivity index (χ0n) is 25.8. The third kappa shape index (κ3) is 6.66. The lowest BCUT2D eigenvalue weighted by Crippen LogP contribution is -2.42. The summed E-state index contributed by atoms with van der Waals surface area (Å²) in [6, 6.07) is 21.4. The molecule has 0 unspecified atom stereocenters. The number of hydrogen-bond donors (Lipinski definition) is 2. The Bertz CT molecular complexity index is 1900. The standard InChI is InChI=1S/C37H37N3O5S/c1-2-3-4-5-7-31(39-44)36(42)27-12-16-33-30(21-27)29-20-26(11-15-32(29)40(33)18-17-24-22-38-23-24)35(41)25-9-13-28(14-10-25)45-37(43)34-8-6-19-46-34/h6,8-16,19-21,24,38,44H,2-5,7,17-18,22-23H2,1H3/b39-31+. The molecule has 1 aliphatic rings. The van der Waals surface area contributed by atoms with E-state index in [0.717, 1.165) is 73.5 Å². The minimum atomic E-state index is -0.434. The Morgan fingerprint density at radius 2 is 1.61 bits per heavy atom. The first-order chi connectivity index (χ1) is 22.5. The molecular formula is C37H37N3O5S. The molecule has 0 radical (unpaired) electrons. The van der Waals surface area contributed by atoms with E-state index in [0.29, 0.717) is 39.7 Å². The van der Waals surface area contributed by atoms with E-state index in [9.17, 15) is 19.6 Å². The second-order valence-corrected chi connectivity index (χ2v) is 12.8. The SMILES string of the molecule is CCCCCC/C(=N\O)C(=O)c1ccc2c(c1)c1cc(C(=O)c3ccc(OC(=O)c4cccs4)cc3)ccc1n2CCC1CNC1. The molecule has 0 atom stereocenters. The maximum atomic E-state index is 13.6. The van der Waals surface area contributed by atoms with E-state index in [1.54, 1.807) is 42.5 Å². The Hall–Kier alpha value is -4.60. The van der Waals surface area contributed by atoms with Crippen molar-refractivity contribution in [1.29, 1.82) is 0 Å². The fraction of sp³-hybridized carbons (Fsp3) is 0.297. The molecule has 0 amide bonds. The van der Waals surface area contributed by atoms with Crippen LogP contribution in [0.2, 0.25) is 0 Å². The summed E-state index contributed by atoms with van der Waals surface area (Å²) in [6.45, 7) is 4.98. The largest absolute Gasteiger partial charge is 0.422 e. The number of Topliss-reactive ketones (excluding diaryl/α,β-unsaturated/α-hetero) is 1. The van der Waals surface area contributed by atoms with Gasteiger partial charge in [0, 0.05) is 45.0 Å². The summed E-state index contributed by atoms with van der Waals surface area (Å²) in [5.41, 5.74) is 3.60. The number of unbranched alkanes of at least 4 members (excludes halogenated alkanes) is 3. The maximum Gasteiger partial charge on any atom is 0.353 e. The number of nitrogens with zero attached hydrogens (tertiary/aromatic N) is 2. The Kier molecular flexibility index (Phi) is 9.71. The molecule has 2 N–H and O–H groups in total. The molecule has 1 saturated heterocycles. The highest BCUT2D eigenvalue weighted by Gasteiger charge is 2.21. The van der Waals surface area contributed by atoms with E-state index in [-0.39, 0.29) is 17.3 Å². The number of nitrogens with one attached hydrogen (secondary N) is 1.